The summed E-state index contributed by atoms with van der Waals surface area (Å²) in [4.78, 5) is 0. The average Bonchev–Trinajstić information content (AvgIpc) is 2.84. The van der Waals surface area contributed by atoms with Crippen molar-refractivity contribution in [3.8, 4) is 0 Å². The van der Waals surface area contributed by atoms with Crippen LogP contribution in [0, 0.1) is 10.8 Å². The molecule has 2 rings (SSSR count). The molecule has 0 aliphatic heterocycles. The Labute approximate surface area is 257 Å². The highest BCUT2D eigenvalue weighted by molar-refractivity contribution is 5.39. The maximum Gasteiger partial charge on any atom is 0.0585 e. The van der Waals surface area contributed by atoms with Crippen molar-refractivity contribution in [2.24, 2.45) is 10.8 Å². The standard InChI is InChI=1S/C40H56O2/c1-29(17-13-19-31(3)21-23-37-33(5)25-35(41)27-39(37,7)8)15-11-12-16-30(2)18-14-20-32(4)22-24-38-34(6)26-36(42)28-40(38,9)10/h11-24,35-36,41-42H,25-28H2,1-10H3/b12-11+,17-13-,18-14-,23-21+,24-22+,29-15+,30-16+,31-19-,32-20-. The van der Waals surface area contributed by atoms with Crippen molar-refractivity contribution in [3.63, 3.8) is 0 Å². The molecule has 2 nitrogen and oxygen atoms in total. The Bertz CT molecular complexity index is 1190. The van der Waals surface area contributed by atoms with E-state index in [9.17, 15) is 10.2 Å². The quantitative estimate of drug-likeness (QED) is 0.257. The van der Waals surface area contributed by atoms with Crippen molar-refractivity contribution >= 4 is 0 Å². The Hall–Kier alpha value is -2.94. The number of aliphatic hydroxyl groups is 2. The zero-order chi connectivity index (χ0) is 31.5. The molecule has 0 spiro atoms. The summed E-state index contributed by atoms with van der Waals surface area (Å²) in [5.74, 6) is 0. The lowest BCUT2D eigenvalue weighted by atomic mass is 9.71. The first kappa shape index (κ1) is 35.3. The summed E-state index contributed by atoms with van der Waals surface area (Å²) < 4.78 is 0. The van der Waals surface area contributed by atoms with Crippen molar-refractivity contribution in [2.45, 2.75) is 107 Å². The van der Waals surface area contributed by atoms with Gasteiger partial charge in [-0.25, -0.2) is 0 Å². The van der Waals surface area contributed by atoms with E-state index in [-0.39, 0.29) is 23.0 Å². The highest BCUT2D eigenvalue weighted by Gasteiger charge is 2.32. The third kappa shape index (κ3) is 11.7. The third-order valence-corrected chi connectivity index (χ3v) is 8.24. The van der Waals surface area contributed by atoms with Crippen molar-refractivity contribution < 1.29 is 10.2 Å². The summed E-state index contributed by atoms with van der Waals surface area (Å²) in [6, 6.07) is 0. The summed E-state index contributed by atoms with van der Waals surface area (Å²) in [5, 5.41) is 20.2. The fourth-order valence-corrected chi connectivity index (χ4v) is 6.13. The molecule has 2 atom stereocenters. The highest BCUT2D eigenvalue weighted by atomic mass is 16.3. The van der Waals surface area contributed by atoms with Gasteiger partial charge in [0.05, 0.1) is 12.2 Å². The molecule has 228 valence electrons. The topological polar surface area (TPSA) is 40.5 Å². The third-order valence-electron chi connectivity index (χ3n) is 8.24. The molecule has 0 heterocycles. The molecule has 0 saturated carbocycles. The maximum atomic E-state index is 10.1. The molecule has 2 heteroatoms. The molecule has 0 aromatic carbocycles. The molecule has 0 saturated heterocycles. The summed E-state index contributed by atoms with van der Waals surface area (Å²) in [5.41, 5.74) is 10.1. The number of allylic oxidation sites excluding steroid dienone is 20. The van der Waals surface area contributed by atoms with Crippen molar-refractivity contribution in [2.75, 3.05) is 0 Å². The van der Waals surface area contributed by atoms with Gasteiger partial charge in [0, 0.05) is 0 Å². The van der Waals surface area contributed by atoms with Gasteiger partial charge in [-0.3, -0.25) is 0 Å². The molecule has 42 heavy (non-hydrogen) atoms. The lowest BCUT2D eigenvalue weighted by Crippen LogP contribution is -2.28. The summed E-state index contributed by atoms with van der Waals surface area (Å²) in [6.07, 6.45) is 32.6. The zero-order valence-corrected chi connectivity index (χ0v) is 28.0. The predicted octanol–water partition coefficient (Wildman–Crippen LogP) is 10.5. The maximum absolute atomic E-state index is 10.1. The Balaban J connectivity index is 1.90. The van der Waals surface area contributed by atoms with Crippen LogP contribution in [0.15, 0.2) is 130 Å². The fourth-order valence-electron chi connectivity index (χ4n) is 6.13. The van der Waals surface area contributed by atoms with Crippen molar-refractivity contribution in [3.05, 3.63) is 130 Å². The SMILES string of the molecule is CC1=C(/C=C/C(C)=C\C=C/C(C)=C/C=C/C=C(C)/C=C\C=C(C)/C=C/C2=C(C)CC(O)CC2(C)C)C(C)(C)CC(O)C1. The number of hydrogen-bond donors (Lipinski definition) is 2. The van der Waals surface area contributed by atoms with E-state index in [0.29, 0.717) is 0 Å². The molecule has 2 aliphatic carbocycles. The van der Waals surface area contributed by atoms with E-state index in [2.05, 4.69) is 154 Å². The van der Waals surface area contributed by atoms with Crippen LogP contribution in [0.1, 0.15) is 94.9 Å². The molecular formula is C40H56O2. The van der Waals surface area contributed by atoms with Gasteiger partial charge in [-0.2, -0.15) is 0 Å². The second-order valence-corrected chi connectivity index (χ2v) is 13.7. The van der Waals surface area contributed by atoms with Gasteiger partial charge in [-0.1, -0.05) is 146 Å². The summed E-state index contributed by atoms with van der Waals surface area (Å²) in [6.45, 7) is 21.6. The molecule has 0 aromatic heterocycles. The molecule has 0 bridgehead atoms. The van der Waals surface area contributed by atoms with Crippen LogP contribution in [0.5, 0.6) is 0 Å². The zero-order valence-electron chi connectivity index (χ0n) is 28.0. The Morgan fingerprint density at radius 2 is 0.857 bits per heavy atom. The highest BCUT2D eigenvalue weighted by Crippen LogP contribution is 2.42. The minimum atomic E-state index is -0.227. The minimum Gasteiger partial charge on any atom is -0.393 e. The van der Waals surface area contributed by atoms with E-state index in [1.165, 1.54) is 44.6 Å². The molecule has 0 radical (unpaired) electrons. The van der Waals surface area contributed by atoms with E-state index >= 15 is 0 Å². The van der Waals surface area contributed by atoms with Gasteiger partial charge < -0.3 is 10.2 Å². The molecule has 0 fully saturated rings. The molecule has 2 N–H and O–H groups in total. The van der Waals surface area contributed by atoms with Gasteiger partial charge >= 0.3 is 0 Å². The van der Waals surface area contributed by atoms with E-state index < -0.39 is 0 Å². The first-order valence-corrected chi connectivity index (χ1v) is 15.5. The first-order valence-electron chi connectivity index (χ1n) is 15.5. The number of rotatable bonds is 10. The first-order chi connectivity index (χ1) is 19.6. The molecule has 2 aliphatic rings. The largest absolute Gasteiger partial charge is 0.393 e. The van der Waals surface area contributed by atoms with Gasteiger partial charge in [0.15, 0.2) is 0 Å². The monoisotopic (exact) mass is 568 g/mol. The molecule has 0 aromatic rings. The summed E-state index contributed by atoms with van der Waals surface area (Å²) >= 11 is 0. The van der Waals surface area contributed by atoms with E-state index in [4.69, 9.17) is 0 Å². The van der Waals surface area contributed by atoms with Crippen molar-refractivity contribution in [1.29, 1.82) is 0 Å². The van der Waals surface area contributed by atoms with Crippen LogP contribution in [0.25, 0.3) is 0 Å². The predicted molar refractivity (Wildman–Crippen MR) is 184 cm³/mol. The molecule has 2 unspecified atom stereocenters. The van der Waals surface area contributed by atoms with Gasteiger partial charge in [0.1, 0.15) is 0 Å². The minimum absolute atomic E-state index is 0.00547. The van der Waals surface area contributed by atoms with Crippen LogP contribution in [0.4, 0.5) is 0 Å². The number of hydrogen-bond acceptors (Lipinski definition) is 2. The van der Waals surface area contributed by atoms with Gasteiger partial charge in [0.25, 0.3) is 0 Å². The van der Waals surface area contributed by atoms with Crippen LogP contribution >= 0.6 is 0 Å². The smallest absolute Gasteiger partial charge is 0.0585 e. The van der Waals surface area contributed by atoms with Crippen LogP contribution in [0.3, 0.4) is 0 Å². The molecule has 0 amide bonds. The summed E-state index contributed by atoms with van der Waals surface area (Å²) in [7, 11) is 0. The van der Waals surface area contributed by atoms with Crippen LogP contribution < -0.4 is 0 Å². The average molecular weight is 569 g/mol. The second kappa shape index (κ2) is 16.1. The Morgan fingerprint density at radius 3 is 1.19 bits per heavy atom. The van der Waals surface area contributed by atoms with Gasteiger partial charge in [-0.05, 0) is 89.2 Å². The van der Waals surface area contributed by atoms with E-state index in [0.717, 1.165) is 25.7 Å². The van der Waals surface area contributed by atoms with Crippen LogP contribution in [0.2, 0.25) is 0 Å². The van der Waals surface area contributed by atoms with Crippen LogP contribution in [-0.4, -0.2) is 22.4 Å². The fraction of sp³-hybridized carbons (Fsp3) is 0.450. The van der Waals surface area contributed by atoms with E-state index in [1.807, 2.05) is 0 Å². The van der Waals surface area contributed by atoms with Crippen LogP contribution in [-0.2, 0) is 0 Å². The Morgan fingerprint density at radius 1 is 0.548 bits per heavy atom. The van der Waals surface area contributed by atoms with Crippen molar-refractivity contribution in [1.82, 2.24) is 0 Å². The lowest BCUT2D eigenvalue weighted by Gasteiger charge is -2.35. The lowest BCUT2D eigenvalue weighted by molar-refractivity contribution is 0.116. The van der Waals surface area contributed by atoms with E-state index in [1.54, 1.807) is 0 Å². The number of aliphatic hydroxyl groups excluding tert-OH is 2. The Kier molecular flexibility index (Phi) is 13.5. The molecular weight excluding hydrogens is 512 g/mol. The normalized spacial score (nSPS) is 25.0. The van der Waals surface area contributed by atoms with Gasteiger partial charge in [0.2, 0.25) is 0 Å². The second-order valence-electron chi connectivity index (χ2n) is 13.7. The van der Waals surface area contributed by atoms with Gasteiger partial charge in [-0.15, -0.1) is 0 Å².